The Balaban J connectivity index is 1.50. The van der Waals surface area contributed by atoms with E-state index in [0.717, 1.165) is 43.8 Å². The van der Waals surface area contributed by atoms with Crippen molar-refractivity contribution >= 4 is 32.5 Å². The van der Waals surface area contributed by atoms with Crippen molar-refractivity contribution in [3.05, 3.63) is 108 Å². The third-order valence-corrected chi connectivity index (χ3v) is 7.01. The van der Waals surface area contributed by atoms with E-state index in [2.05, 4.69) is 82.7 Å². The van der Waals surface area contributed by atoms with Crippen LogP contribution in [0.1, 0.15) is 22.2 Å². The normalized spacial score (nSPS) is 12.9. The van der Waals surface area contributed by atoms with Gasteiger partial charge in [-0.15, -0.1) is 11.3 Å². The first kappa shape index (κ1) is 18.7. The van der Waals surface area contributed by atoms with Gasteiger partial charge >= 0.3 is 0 Å². The predicted molar refractivity (Wildman–Crippen MR) is 146 cm³/mol. The highest BCUT2D eigenvalue weighted by Gasteiger charge is 2.18. The molecule has 6 aromatic rings. The van der Waals surface area contributed by atoms with Crippen molar-refractivity contribution < 1.29 is 2.74 Å². The summed E-state index contributed by atoms with van der Waals surface area (Å²) in [7, 11) is 0. The van der Waals surface area contributed by atoms with E-state index in [9.17, 15) is 0 Å². The molecule has 2 nitrogen and oxygen atoms in total. The maximum absolute atomic E-state index is 8.52. The first-order chi connectivity index (χ1) is 17.4. The van der Waals surface area contributed by atoms with E-state index in [4.69, 9.17) is 7.73 Å². The van der Waals surface area contributed by atoms with E-state index in [0.29, 0.717) is 0 Å². The van der Waals surface area contributed by atoms with Gasteiger partial charge in [0.15, 0.2) is 0 Å². The van der Waals surface area contributed by atoms with Crippen LogP contribution >= 0.6 is 11.3 Å². The van der Waals surface area contributed by atoms with Gasteiger partial charge < -0.3 is 0 Å². The maximum Gasteiger partial charge on any atom is 0.147 e. The van der Waals surface area contributed by atoms with Crippen molar-refractivity contribution in [3.63, 3.8) is 0 Å². The zero-order valence-corrected chi connectivity index (χ0v) is 20.0. The average molecular weight is 461 g/mol. The van der Waals surface area contributed by atoms with Gasteiger partial charge in [-0.25, -0.2) is 4.98 Å². The molecule has 6 rings (SSSR count). The summed E-state index contributed by atoms with van der Waals surface area (Å²) in [5.41, 5.74) is 7.24. The predicted octanol–water partition coefficient (Wildman–Crippen LogP) is 8.77. The largest absolute Gasteiger partial charge is 0.292 e. The van der Waals surface area contributed by atoms with E-state index >= 15 is 0 Å². The summed E-state index contributed by atoms with van der Waals surface area (Å²) in [4.78, 5) is 5.06. The van der Waals surface area contributed by atoms with Gasteiger partial charge in [-0.05, 0) is 59.3 Å². The molecule has 0 unspecified atom stereocenters. The van der Waals surface area contributed by atoms with Crippen LogP contribution in [-0.2, 0) is 6.37 Å². The molecule has 0 aliphatic rings. The number of imidazole rings is 1. The molecular weight excluding hydrogens is 432 g/mol. The topological polar surface area (TPSA) is 17.8 Å². The minimum absolute atomic E-state index is 0.0996. The molecule has 0 aliphatic heterocycles. The number of hydrogen-bond donors (Lipinski definition) is 0. The SMILES string of the molecule is [2H]C([2H])(c1ccc2c(-c3nc4ccccc4n3-c3ccc(-c4ccccc4)cc3)csc2c1)C(C)C. The molecule has 0 saturated carbocycles. The Kier molecular flexibility index (Phi) is 4.72. The molecular formula is C31H26N2S. The summed E-state index contributed by atoms with van der Waals surface area (Å²) in [6.07, 6.45) is -1.37. The van der Waals surface area contributed by atoms with Crippen LogP contribution in [0.2, 0.25) is 0 Å². The van der Waals surface area contributed by atoms with Crippen LogP contribution in [0.4, 0.5) is 0 Å². The highest BCUT2D eigenvalue weighted by Crippen LogP contribution is 2.37. The molecule has 0 bridgehead atoms. The quantitative estimate of drug-likeness (QED) is 0.251. The average Bonchev–Trinajstić information content (AvgIpc) is 3.50. The Bertz CT molecular complexity index is 1680. The molecule has 0 atom stereocenters. The second-order valence-electron chi connectivity index (χ2n) is 8.83. The summed E-state index contributed by atoms with van der Waals surface area (Å²) < 4.78 is 20.3. The Hall–Kier alpha value is -3.69. The first-order valence-corrected chi connectivity index (χ1v) is 12.5. The number of fused-ring (bicyclic) bond motifs is 2. The van der Waals surface area contributed by atoms with Gasteiger partial charge in [0.1, 0.15) is 5.82 Å². The van der Waals surface area contributed by atoms with Crippen LogP contribution in [0.5, 0.6) is 0 Å². The zero-order chi connectivity index (χ0) is 24.9. The second kappa shape index (κ2) is 8.58. The fourth-order valence-corrected chi connectivity index (χ4v) is 5.50. The second-order valence-corrected chi connectivity index (χ2v) is 9.74. The van der Waals surface area contributed by atoms with Gasteiger partial charge in [-0.3, -0.25) is 4.57 Å². The minimum Gasteiger partial charge on any atom is -0.292 e. The number of thiophene rings is 1. The van der Waals surface area contributed by atoms with Crippen LogP contribution in [-0.4, -0.2) is 9.55 Å². The summed E-state index contributed by atoms with van der Waals surface area (Å²) in [6, 6.07) is 33.3. The summed E-state index contributed by atoms with van der Waals surface area (Å²) in [6.45, 7) is 3.85. The number of aromatic nitrogens is 2. The molecule has 0 spiro atoms. The third kappa shape index (κ3) is 3.72. The maximum atomic E-state index is 8.52. The molecule has 2 aromatic heterocycles. The standard InChI is InChI=1S/C31H26N2S/c1-21(2)18-22-12-17-26-27(20-34-30(26)19-22)31-32-28-10-6-7-11-29(28)33(31)25-15-13-24(14-16-25)23-8-4-3-5-9-23/h3-17,19-21H,18H2,1-2H3/i18D2. The minimum atomic E-state index is -1.37. The smallest absolute Gasteiger partial charge is 0.147 e. The van der Waals surface area contributed by atoms with Crippen LogP contribution in [0, 0.1) is 5.92 Å². The lowest BCUT2D eigenvalue weighted by Crippen LogP contribution is -1.97. The lowest BCUT2D eigenvalue weighted by Gasteiger charge is -2.11. The Labute approximate surface area is 207 Å². The lowest BCUT2D eigenvalue weighted by atomic mass is 10.0. The number of para-hydroxylation sites is 2. The molecule has 0 amide bonds. The Morgan fingerprint density at radius 1 is 0.853 bits per heavy atom. The number of benzene rings is 4. The van der Waals surface area contributed by atoms with Crippen molar-refractivity contribution in [1.29, 1.82) is 0 Å². The van der Waals surface area contributed by atoms with E-state index in [-0.39, 0.29) is 5.92 Å². The molecule has 2 heterocycles. The molecule has 4 aromatic carbocycles. The molecule has 166 valence electrons. The van der Waals surface area contributed by atoms with Crippen molar-refractivity contribution in [2.45, 2.75) is 20.2 Å². The monoisotopic (exact) mass is 460 g/mol. The highest BCUT2D eigenvalue weighted by atomic mass is 32.1. The van der Waals surface area contributed by atoms with Gasteiger partial charge in [-0.2, -0.15) is 0 Å². The van der Waals surface area contributed by atoms with E-state index in [1.807, 2.05) is 38.1 Å². The molecule has 3 heteroatoms. The molecule has 0 N–H and O–H groups in total. The van der Waals surface area contributed by atoms with Crippen molar-refractivity contribution in [2.75, 3.05) is 0 Å². The number of hydrogen-bond acceptors (Lipinski definition) is 2. The van der Waals surface area contributed by atoms with Crippen LogP contribution in [0.3, 0.4) is 0 Å². The van der Waals surface area contributed by atoms with Gasteiger partial charge in [-0.1, -0.05) is 80.6 Å². The van der Waals surface area contributed by atoms with Crippen molar-refractivity contribution in [2.24, 2.45) is 5.92 Å². The molecule has 0 radical (unpaired) electrons. The van der Waals surface area contributed by atoms with Gasteiger partial charge in [0.25, 0.3) is 0 Å². The van der Waals surface area contributed by atoms with Crippen LogP contribution in [0.15, 0.2) is 102 Å². The van der Waals surface area contributed by atoms with E-state index < -0.39 is 6.37 Å². The van der Waals surface area contributed by atoms with Gasteiger partial charge in [0.05, 0.1) is 11.0 Å². The van der Waals surface area contributed by atoms with Crippen molar-refractivity contribution in [3.8, 4) is 28.2 Å². The third-order valence-electron chi connectivity index (χ3n) is 6.07. The van der Waals surface area contributed by atoms with E-state index in [1.165, 1.54) is 11.1 Å². The first-order valence-electron chi connectivity index (χ1n) is 12.6. The number of nitrogens with zero attached hydrogens (tertiary/aromatic N) is 2. The van der Waals surface area contributed by atoms with Gasteiger partial charge in [0, 0.05) is 29.5 Å². The highest BCUT2D eigenvalue weighted by molar-refractivity contribution is 7.17. The lowest BCUT2D eigenvalue weighted by molar-refractivity contribution is 0.648. The van der Waals surface area contributed by atoms with Crippen LogP contribution in [0.25, 0.3) is 49.3 Å². The summed E-state index contributed by atoms with van der Waals surface area (Å²) in [5.74, 6) is 0.798. The van der Waals surface area contributed by atoms with Crippen molar-refractivity contribution in [1.82, 2.24) is 9.55 Å². The fraction of sp³-hybridized carbons (Fsp3) is 0.129. The molecule has 0 fully saturated rings. The van der Waals surface area contributed by atoms with Crippen LogP contribution < -0.4 is 0 Å². The fourth-order valence-electron chi connectivity index (χ4n) is 4.53. The summed E-state index contributed by atoms with van der Waals surface area (Å²) >= 11 is 1.64. The Morgan fingerprint density at radius 2 is 1.59 bits per heavy atom. The molecule has 34 heavy (non-hydrogen) atoms. The summed E-state index contributed by atoms with van der Waals surface area (Å²) in [5, 5.41) is 3.25. The molecule has 0 aliphatic carbocycles. The van der Waals surface area contributed by atoms with E-state index in [1.54, 1.807) is 11.3 Å². The van der Waals surface area contributed by atoms with Gasteiger partial charge in [0.2, 0.25) is 0 Å². The number of rotatable bonds is 5. The molecule has 0 saturated heterocycles. The Morgan fingerprint density at radius 3 is 2.38 bits per heavy atom. The zero-order valence-electron chi connectivity index (χ0n) is 21.2.